The van der Waals surface area contributed by atoms with Gasteiger partial charge in [0.1, 0.15) is 12.4 Å². The van der Waals surface area contributed by atoms with E-state index in [-0.39, 0.29) is 0 Å². The summed E-state index contributed by atoms with van der Waals surface area (Å²) in [5.74, 6) is 0. The Hall–Kier alpha value is -1.29. The summed E-state index contributed by atoms with van der Waals surface area (Å²) in [6.07, 6.45) is 6.32. The van der Waals surface area contributed by atoms with Crippen LogP contribution in [0.25, 0.3) is 6.08 Å². The van der Waals surface area contributed by atoms with Crippen molar-refractivity contribution in [2.75, 3.05) is 0 Å². The van der Waals surface area contributed by atoms with Crippen molar-refractivity contribution in [3.05, 3.63) is 40.3 Å². The Bertz CT molecular complexity index is 478. The van der Waals surface area contributed by atoms with E-state index < -0.39 is 0 Å². The molecule has 2 aromatic rings. The van der Waals surface area contributed by atoms with Gasteiger partial charge in [-0.25, -0.2) is 0 Å². The van der Waals surface area contributed by atoms with Crippen molar-refractivity contribution in [1.29, 1.82) is 0 Å². The molecule has 2 rings (SSSR count). The van der Waals surface area contributed by atoms with E-state index in [9.17, 15) is 0 Å². The number of allylic oxidation sites excluding steroid dienone is 1. The third-order valence-corrected chi connectivity index (χ3v) is 3.23. The summed E-state index contributed by atoms with van der Waals surface area (Å²) in [5.41, 5.74) is 3.73. The summed E-state index contributed by atoms with van der Waals surface area (Å²) in [7, 11) is 6.31. The fraction of sp³-hybridized carbons (Fsp3) is 0.250. The lowest BCUT2D eigenvalue weighted by Crippen LogP contribution is -2.49. The van der Waals surface area contributed by atoms with Gasteiger partial charge in [-0.15, -0.1) is 0 Å². The van der Waals surface area contributed by atoms with Crippen molar-refractivity contribution in [3.8, 4) is 0 Å². The number of aryl methyl sites for hydroxylation is 2. The Morgan fingerprint density at radius 2 is 2.38 bits per heavy atom. The van der Waals surface area contributed by atoms with E-state index in [1.807, 2.05) is 0 Å². The van der Waals surface area contributed by atoms with Gasteiger partial charge in [0.2, 0.25) is 0 Å². The van der Waals surface area contributed by atoms with Crippen LogP contribution in [0.5, 0.6) is 0 Å². The number of imidazole rings is 1. The fourth-order valence-electron chi connectivity index (χ4n) is 1.67. The van der Waals surface area contributed by atoms with E-state index in [0.29, 0.717) is 0 Å². The Balaban J connectivity index is 2.16. The highest BCUT2D eigenvalue weighted by Crippen LogP contribution is 2.09. The van der Waals surface area contributed by atoms with Crippen LogP contribution >= 0.6 is 11.3 Å². The number of hydrogen-bond donors (Lipinski definition) is 0. The van der Waals surface area contributed by atoms with Crippen molar-refractivity contribution in [1.82, 2.24) is 4.57 Å². The average Bonchev–Trinajstić information content (AvgIpc) is 2.83. The first-order valence-corrected chi connectivity index (χ1v) is 6.17. The van der Waals surface area contributed by atoms with Gasteiger partial charge < -0.3 is 0 Å². The van der Waals surface area contributed by atoms with Crippen LogP contribution in [0.15, 0.2) is 34.7 Å². The zero-order chi connectivity index (χ0) is 11.5. The monoisotopic (exact) mass is 230 g/mol. The maximum Gasteiger partial charge on any atom is 0.125 e. The predicted octanol–water partition coefficient (Wildman–Crippen LogP) is 1.30. The van der Waals surface area contributed by atoms with Crippen molar-refractivity contribution in [2.24, 2.45) is 14.1 Å². The minimum absolute atomic E-state index is 1.20. The lowest BCUT2D eigenvalue weighted by atomic mass is 9.68. The van der Waals surface area contributed by atoms with Gasteiger partial charge in [0, 0.05) is 5.72 Å². The van der Waals surface area contributed by atoms with Crippen molar-refractivity contribution in [3.63, 3.8) is 0 Å². The SMILES string of the molecule is C/C([B-]c1n(C)cc[n+]1C)=C/c1ccsc1. The molecule has 2 radical (unpaired) electrons. The zero-order valence-corrected chi connectivity index (χ0v) is 10.7. The highest BCUT2D eigenvalue weighted by molar-refractivity contribution is 7.08. The second-order valence-corrected chi connectivity index (χ2v) is 4.75. The number of hydrogen-bond acceptors (Lipinski definition) is 1. The van der Waals surface area contributed by atoms with Crippen molar-refractivity contribution < 1.29 is 4.57 Å². The standard InChI is InChI=1S/C12H15BN2S/c1-10(8-11-4-7-16-9-11)13-12-14(2)5-6-15(12)3/h4-9H,1-3H3/b10-8-. The maximum atomic E-state index is 2.20. The third kappa shape index (κ3) is 2.45. The van der Waals surface area contributed by atoms with Gasteiger partial charge in [0.05, 0.1) is 14.1 Å². The molecule has 0 aromatic carbocycles. The van der Waals surface area contributed by atoms with Gasteiger partial charge in [-0.05, 0) is 22.4 Å². The molecule has 4 heteroatoms. The number of nitrogens with zero attached hydrogens (tertiary/aromatic N) is 2. The summed E-state index contributed by atoms with van der Waals surface area (Å²) in [6, 6.07) is 2.13. The van der Waals surface area contributed by atoms with Gasteiger partial charge in [-0.2, -0.15) is 18.6 Å². The molecule has 0 N–H and O–H groups in total. The number of thiophene rings is 1. The van der Waals surface area contributed by atoms with Gasteiger partial charge >= 0.3 is 0 Å². The molecule has 0 amide bonds. The van der Waals surface area contributed by atoms with Crippen LogP contribution in [0.1, 0.15) is 12.5 Å². The molecule has 0 saturated heterocycles. The summed E-state index contributed by atoms with van der Waals surface area (Å²) in [5, 5.41) is 4.25. The van der Waals surface area contributed by atoms with Crippen LogP contribution in [0.2, 0.25) is 0 Å². The second-order valence-electron chi connectivity index (χ2n) is 3.97. The normalized spacial score (nSPS) is 12.1. The van der Waals surface area contributed by atoms with E-state index in [4.69, 9.17) is 0 Å². The topological polar surface area (TPSA) is 8.81 Å². The molecule has 0 bridgehead atoms. The molecule has 0 spiro atoms. The first-order chi connectivity index (χ1) is 7.66. The van der Waals surface area contributed by atoms with Crippen LogP contribution in [0.4, 0.5) is 0 Å². The largest absolute Gasteiger partial charge is 0.291 e. The smallest absolute Gasteiger partial charge is 0.125 e. The Kier molecular flexibility index (Phi) is 3.29. The molecular formula is C12H15BN2S. The summed E-state index contributed by atoms with van der Waals surface area (Å²) in [6.45, 7) is 2.13. The third-order valence-electron chi connectivity index (χ3n) is 2.53. The predicted molar refractivity (Wildman–Crippen MR) is 69.9 cm³/mol. The van der Waals surface area contributed by atoms with Gasteiger partial charge in [-0.1, -0.05) is 13.0 Å². The van der Waals surface area contributed by atoms with Crippen LogP contribution in [-0.4, -0.2) is 11.8 Å². The molecule has 82 valence electrons. The van der Waals surface area contributed by atoms with E-state index in [2.05, 4.69) is 72.7 Å². The molecule has 0 fully saturated rings. The van der Waals surface area contributed by atoms with Crippen LogP contribution < -0.4 is 10.3 Å². The van der Waals surface area contributed by atoms with E-state index in [0.717, 1.165) is 0 Å². The van der Waals surface area contributed by atoms with Crippen molar-refractivity contribution >= 4 is 30.4 Å². The molecule has 2 aromatic heterocycles. The molecule has 0 aliphatic rings. The second kappa shape index (κ2) is 4.70. The fourth-order valence-corrected chi connectivity index (χ4v) is 2.29. The lowest BCUT2D eigenvalue weighted by molar-refractivity contribution is -0.652. The molecule has 0 unspecified atom stereocenters. The molecule has 0 atom stereocenters. The van der Waals surface area contributed by atoms with Crippen molar-refractivity contribution in [2.45, 2.75) is 6.92 Å². The Morgan fingerprint density at radius 3 is 2.94 bits per heavy atom. The van der Waals surface area contributed by atoms with Gasteiger partial charge in [0.25, 0.3) is 0 Å². The molecule has 0 aliphatic carbocycles. The number of rotatable bonds is 3. The van der Waals surface area contributed by atoms with Crippen LogP contribution in [0.3, 0.4) is 0 Å². The molecular weight excluding hydrogens is 215 g/mol. The highest BCUT2D eigenvalue weighted by atomic mass is 32.1. The number of aromatic nitrogens is 2. The zero-order valence-electron chi connectivity index (χ0n) is 9.84. The summed E-state index contributed by atoms with van der Waals surface area (Å²) in [4.78, 5) is 0. The minimum Gasteiger partial charge on any atom is -0.291 e. The Morgan fingerprint density at radius 1 is 1.56 bits per heavy atom. The first kappa shape index (κ1) is 11.2. The molecule has 2 heterocycles. The van der Waals surface area contributed by atoms with Gasteiger partial charge in [-0.3, -0.25) is 14.6 Å². The van der Waals surface area contributed by atoms with Crippen LogP contribution in [-0.2, 0) is 14.1 Å². The minimum atomic E-state index is 1.20. The molecule has 0 aliphatic heterocycles. The van der Waals surface area contributed by atoms with Crippen LogP contribution in [0, 0.1) is 0 Å². The average molecular weight is 230 g/mol. The van der Waals surface area contributed by atoms with Gasteiger partial charge in [0.15, 0.2) is 0 Å². The Labute approximate surface area is 101 Å². The molecule has 0 saturated carbocycles. The van der Waals surface area contributed by atoms with E-state index in [1.54, 1.807) is 11.3 Å². The quantitative estimate of drug-likeness (QED) is 0.555. The summed E-state index contributed by atoms with van der Waals surface area (Å²) < 4.78 is 4.23. The summed E-state index contributed by atoms with van der Waals surface area (Å²) >= 11 is 1.73. The highest BCUT2D eigenvalue weighted by Gasteiger charge is 1.98. The lowest BCUT2D eigenvalue weighted by Gasteiger charge is -2.14. The first-order valence-electron chi connectivity index (χ1n) is 5.23. The molecule has 2 nitrogen and oxygen atoms in total. The molecule has 16 heavy (non-hydrogen) atoms. The van der Waals surface area contributed by atoms with E-state index in [1.165, 1.54) is 16.8 Å². The maximum absolute atomic E-state index is 2.20. The van der Waals surface area contributed by atoms with E-state index >= 15 is 0 Å².